The second-order valence-electron chi connectivity index (χ2n) is 9.19. The summed E-state index contributed by atoms with van der Waals surface area (Å²) in [4.78, 5) is 38.1. The van der Waals surface area contributed by atoms with E-state index in [-0.39, 0.29) is 41.3 Å². The monoisotopic (exact) mass is 629 g/mol. The average Bonchev–Trinajstić information content (AvgIpc) is 3.35. The molecule has 0 aliphatic carbocycles. The molecule has 3 amide bonds. The van der Waals surface area contributed by atoms with Crippen LogP contribution in [-0.4, -0.2) is 73.6 Å². The van der Waals surface area contributed by atoms with E-state index in [1.807, 2.05) is 0 Å². The maximum atomic E-state index is 13.5. The van der Waals surface area contributed by atoms with Gasteiger partial charge in [0, 0.05) is 37.8 Å². The van der Waals surface area contributed by atoms with Crippen LogP contribution in [0.2, 0.25) is 10.2 Å². The van der Waals surface area contributed by atoms with Crippen LogP contribution in [0.5, 0.6) is 5.75 Å². The molecule has 1 unspecified atom stereocenters. The Labute approximate surface area is 234 Å². The van der Waals surface area contributed by atoms with Crippen molar-refractivity contribution < 1.29 is 45.1 Å². The second-order valence-corrected chi connectivity index (χ2v) is 11.6. The minimum absolute atomic E-state index is 0.0948. The SMILES string of the molecule is CC(NC(=O)C(=O)N1C[C@H]2COc3c(c(Cl)n(C)c3C(=O)Nc3ccc(F)c(Cl)c3)S(=O)(=O)N[C@H]2C1)C(F)(F)F. The summed E-state index contributed by atoms with van der Waals surface area (Å²) in [5.74, 6) is -5.51. The van der Waals surface area contributed by atoms with E-state index in [0.29, 0.717) is 6.92 Å². The van der Waals surface area contributed by atoms with Crippen molar-refractivity contribution in [2.45, 2.75) is 30.1 Å². The third-order valence-electron chi connectivity index (χ3n) is 6.41. The lowest BCUT2D eigenvalue weighted by Crippen LogP contribution is -2.50. The number of hydrogen-bond acceptors (Lipinski definition) is 6. The Morgan fingerprint density at radius 3 is 2.50 bits per heavy atom. The number of likely N-dealkylation sites (tertiary alicyclic amines) is 1. The number of carbonyl (C=O) groups excluding carboxylic acids is 3. The molecule has 3 atom stereocenters. The normalized spacial score (nSPS) is 20.9. The number of anilines is 1. The van der Waals surface area contributed by atoms with E-state index in [4.69, 9.17) is 27.9 Å². The topological polar surface area (TPSA) is 139 Å². The lowest BCUT2D eigenvalue weighted by molar-refractivity contribution is -0.162. The molecule has 0 radical (unpaired) electrons. The number of alkyl halides is 3. The van der Waals surface area contributed by atoms with E-state index < -0.39 is 68.4 Å². The highest BCUT2D eigenvalue weighted by Crippen LogP contribution is 2.40. The lowest BCUT2D eigenvalue weighted by Gasteiger charge is -2.23. The molecule has 0 spiro atoms. The van der Waals surface area contributed by atoms with Crippen LogP contribution in [0.3, 0.4) is 0 Å². The Morgan fingerprint density at radius 2 is 1.88 bits per heavy atom. The van der Waals surface area contributed by atoms with Crippen molar-refractivity contribution in [3.63, 3.8) is 0 Å². The summed E-state index contributed by atoms with van der Waals surface area (Å²) < 4.78 is 87.7. The van der Waals surface area contributed by atoms with Gasteiger partial charge in [0.2, 0.25) is 10.0 Å². The minimum Gasteiger partial charge on any atom is -0.489 e. The minimum atomic E-state index is -4.77. The fraction of sp³-hybridized carbons (Fsp3) is 0.409. The lowest BCUT2D eigenvalue weighted by atomic mass is 10.1. The second kappa shape index (κ2) is 10.7. The van der Waals surface area contributed by atoms with Gasteiger partial charge in [-0.1, -0.05) is 23.2 Å². The predicted octanol–water partition coefficient (Wildman–Crippen LogP) is 2.29. The van der Waals surface area contributed by atoms with Crippen molar-refractivity contribution in [3.8, 4) is 5.75 Å². The van der Waals surface area contributed by atoms with E-state index >= 15 is 0 Å². The molecular formula is C22H21Cl2F4N5O6S. The van der Waals surface area contributed by atoms with Gasteiger partial charge in [-0.25, -0.2) is 17.5 Å². The van der Waals surface area contributed by atoms with Crippen molar-refractivity contribution in [3.05, 3.63) is 39.9 Å². The number of nitrogens with zero attached hydrogens (tertiary/aromatic N) is 2. The fourth-order valence-corrected chi connectivity index (χ4v) is 6.46. The molecule has 2 aromatic rings. The molecule has 218 valence electrons. The number of rotatable bonds is 3. The highest BCUT2D eigenvalue weighted by molar-refractivity contribution is 7.89. The zero-order chi connectivity index (χ0) is 29.7. The molecule has 40 heavy (non-hydrogen) atoms. The van der Waals surface area contributed by atoms with E-state index in [1.54, 1.807) is 5.32 Å². The zero-order valence-corrected chi connectivity index (χ0v) is 22.9. The molecule has 3 heterocycles. The summed E-state index contributed by atoms with van der Waals surface area (Å²) in [5, 5.41) is 3.38. The van der Waals surface area contributed by atoms with Gasteiger partial charge in [0.15, 0.2) is 16.3 Å². The van der Waals surface area contributed by atoms with Crippen LogP contribution < -0.4 is 20.1 Å². The van der Waals surface area contributed by atoms with E-state index in [0.717, 1.165) is 21.6 Å². The summed E-state index contributed by atoms with van der Waals surface area (Å²) >= 11 is 12.0. The fourth-order valence-electron chi connectivity index (χ4n) is 4.26. The molecule has 1 aromatic carbocycles. The molecule has 11 nitrogen and oxygen atoms in total. The standard InChI is InChI=1S/C22H21Cl2F4N5O6S/c1-9(22(26,27)28)29-20(35)21(36)33-6-10-8-39-16-15(19(34)30-11-3-4-13(25)12(23)5-11)32(2)18(24)17(16)40(37,38)31-14(10)7-33/h3-5,9-10,14,31H,6-8H2,1-2H3,(H,29,35)(H,30,34)/t9?,10-,14-/m0/s1. The maximum absolute atomic E-state index is 13.5. The number of hydrogen-bond donors (Lipinski definition) is 3. The number of fused-ring (bicyclic) bond motifs is 2. The highest BCUT2D eigenvalue weighted by atomic mass is 35.5. The van der Waals surface area contributed by atoms with Crippen LogP contribution in [0, 0.1) is 11.7 Å². The molecule has 2 aliphatic heterocycles. The van der Waals surface area contributed by atoms with Gasteiger partial charge < -0.3 is 24.8 Å². The van der Waals surface area contributed by atoms with Crippen molar-refractivity contribution in [2.75, 3.05) is 25.0 Å². The first-order chi connectivity index (χ1) is 18.5. The van der Waals surface area contributed by atoms with Crippen molar-refractivity contribution in [1.29, 1.82) is 0 Å². The number of ether oxygens (including phenoxy) is 1. The molecule has 1 saturated heterocycles. The van der Waals surface area contributed by atoms with Gasteiger partial charge in [-0.2, -0.15) is 13.2 Å². The van der Waals surface area contributed by atoms with Crippen LogP contribution in [0.15, 0.2) is 23.1 Å². The summed E-state index contributed by atoms with van der Waals surface area (Å²) in [5.41, 5.74) is -0.201. The number of sulfonamides is 1. The molecule has 1 fully saturated rings. The van der Waals surface area contributed by atoms with Crippen LogP contribution in [0.25, 0.3) is 0 Å². The number of amides is 3. The smallest absolute Gasteiger partial charge is 0.408 e. The van der Waals surface area contributed by atoms with Crippen LogP contribution >= 0.6 is 23.2 Å². The van der Waals surface area contributed by atoms with Crippen molar-refractivity contribution >= 4 is 56.6 Å². The Hall–Kier alpha value is -3.08. The number of aromatic nitrogens is 1. The van der Waals surface area contributed by atoms with E-state index in [1.165, 1.54) is 13.1 Å². The van der Waals surface area contributed by atoms with Gasteiger partial charge in [-0.05, 0) is 25.1 Å². The molecule has 3 N–H and O–H groups in total. The van der Waals surface area contributed by atoms with Gasteiger partial charge in [0.05, 0.1) is 11.6 Å². The molecule has 18 heteroatoms. The van der Waals surface area contributed by atoms with Gasteiger partial charge in [-0.3, -0.25) is 14.4 Å². The first kappa shape index (κ1) is 29.9. The summed E-state index contributed by atoms with van der Waals surface area (Å²) in [6, 6.07) is 0.123. The highest BCUT2D eigenvalue weighted by Gasteiger charge is 2.45. The van der Waals surface area contributed by atoms with Crippen LogP contribution in [-0.2, 0) is 26.7 Å². The quantitative estimate of drug-likeness (QED) is 0.352. The van der Waals surface area contributed by atoms with Gasteiger partial charge >= 0.3 is 18.0 Å². The van der Waals surface area contributed by atoms with Crippen molar-refractivity contribution in [1.82, 2.24) is 19.5 Å². The van der Waals surface area contributed by atoms with Gasteiger partial charge in [-0.15, -0.1) is 0 Å². The van der Waals surface area contributed by atoms with Crippen molar-refractivity contribution in [2.24, 2.45) is 13.0 Å². The number of nitrogens with one attached hydrogen (secondary N) is 3. The average molecular weight is 630 g/mol. The van der Waals surface area contributed by atoms with Gasteiger partial charge in [0.25, 0.3) is 5.91 Å². The molecule has 0 bridgehead atoms. The molecule has 0 saturated carbocycles. The first-order valence-electron chi connectivity index (χ1n) is 11.5. The third kappa shape index (κ3) is 5.70. The largest absolute Gasteiger partial charge is 0.489 e. The number of halogens is 6. The van der Waals surface area contributed by atoms with E-state index in [9.17, 15) is 40.4 Å². The summed E-state index contributed by atoms with van der Waals surface area (Å²) in [7, 11) is -3.16. The maximum Gasteiger partial charge on any atom is 0.408 e. The van der Waals surface area contributed by atoms with Gasteiger partial charge in [0.1, 0.15) is 17.0 Å². The summed E-state index contributed by atoms with van der Waals surface area (Å²) in [6.45, 7) is -0.151. The third-order valence-corrected chi connectivity index (χ3v) is 8.78. The van der Waals surface area contributed by atoms with E-state index in [2.05, 4.69) is 10.0 Å². The Balaban J connectivity index is 1.58. The molecule has 1 aromatic heterocycles. The molecular weight excluding hydrogens is 609 g/mol. The van der Waals surface area contributed by atoms with Crippen LogP contribution in [0.1, 0.15) is 17.4 Å². The molecule has 4 rings (SSSR count). The predicted molar refractivity (Wildman–Crippen MR) is 133 cm³/mol. The Morgan fingerprint density at radius 1 is 1.20 bits per heavy atom. The zero-order valence-electron chi connectivity index (χ0n) is 20.6. The number of benzene rings is 1. The first-order valence-corrected chi connectivity index (χ1v) is 13.7. The molecule has 2 aliphatic rings. The van der Waals surface area contributed by atoms with Crippen LogP contribution in [0.4, 0.5) is 23.2 Å². The Bertz CT molecular complexity index is 1500. The summed E-state index contributed by atoms with van der Waals surface area (Å²) in [6.07, 6.45) is -4.77. The Kier molecular flexibility index (Phi) is 8.01. The number of carbonyl (C=O) groups is 3.